The van der Waals surface area contributed by atoms with Crippen molar-refractivity contribution in [3.05, 3.63) is 65.9 Å². The van der Waals surface area contributed by atoms with E-state index in [2.05, 4.69) is 20.3 Å². The Hall–Kier alpha value is -3.26. The molecule has 142 valence electrons. The van der Waals surface area contributed by atoms with Crippen LogP contribution in [-0.2, 0) is 4.74 Å². The molecule has 3 aromatic rings. The Labute approximate surface area is 160 Å². The van der Waals surface area contributed by atoms with Crippen molar-refractivity contribution < 1.29 is 13.5 Å². The fraction of sp³-hybridized carbons (Fsp3) is 0.200. The molecule has 1 N–H and O–H groups in total. The van der Waals surface area contributed by atoms with Crippen LogP contribution in [-0.4, -0.2) is 41.9 Å². The Morgan fingerprint density at radius 3 is 2.57 bits per heavy atom. The number of fused-ring (bicyclic) bond motifs is 3. The quantitative estimate of drug-likeness (QED) is 0.738. The van der Waals surface area contributed by atoms with Crippen molar-refractivity contribution in [2.45, 2.75) is 0 Å². The number of morpholine rings is 1. The third-order valence-electron chi connectivity index (χ3n) is 4.89. The number of benzene rings is 2. The lowest BCUT2D eigenvalue weighted by Crippen LogP contribution is -2.36. The van der Waals surface area contributed by atoms with Gasteiger partial charge < -0.3 is 15.0 Å². The summed E-state index contributed by atoms with van der Waals surface area (Å²) in [4.78, 5) is 6.67. The van der Waals surface area contributed by atoms with Crippen molar-refractivity contribution in [1.82, 2.24) is 9.78 Å². The molecule has 0 unspecified atom stereocenters. The molecule has 2 aromatic carbocycles. The zero-order valence-corrected chi connectivity index (χ0v) is 14.9. The number of nitrogens with zero attached hydrogens (tertiary/aromatic N) is 4. The van der Waals surface area contributed by atoms with E-state index in [9.17, 15) is 8.78 Å². The summed E-state index contributed by atoms with van der Waals surface area (Å²) in [5.74, 6) is -0.755. The summed E-state index contributed by atoms with van der Waals surface area (Å²) in [5, 5.41) is 7.44. The Kier molecular flexibility index (Phi) is 4.05. The molecule has 28 heavy (non-hydrogen) atoms. The highest BCUT2D eigenvalue weighted by molar-refractivity contribution is 6.11. The SMILES string of the molecule is Fc1cccc(F)c1C1=Nc2ccnn2-c2cc(N3CCOCC3)ccc2N1. The first-order valence-electron chi connectivity index (χ1n) is 9.02. The number of amidine groups is 1. The Morgan fingerprint density at radius 2 is 1.79 bits per heavy atom. The minimum atomic E-state index is -0.675. The summed E-state index contributed by atoms with van der Waals surface area (Å²) < 4.78 is 35.8. The first-order valence-corrected chi connectivity index (χ1v) is 9.02. The van der Waals surface area contributed by atoms with Gasteiger partial charge in [-0.2, -0.15) is 5.10 Å². The predicted octanol–water partition coefficient (Wildman–Crippen LogP) is 3.49. The summed E-state index contributed by atoms with van der Waals surface area (Å²) in [6.45, 7) is 2.98. The second-order valence-corrected chi connectivity index (χ2v) is 6.58. The van der Waals surface area contributed by atoms with Gasteiger partial charge in [0.05, 0.1) is 36.3 Å². The van der Waals surface area contributed by atoms with E-state index in [0.29, 0.717) is 24.7 Å². The molecule has 0 amide bonds. The molecule has 0 bridgehead atoms. The van der Waals surface area contributed by atoms with Crippen LogP contribution >= 0.6 is 0 Å². The maximum atomic E-state index is 14.4. The molecule has 0 aliphatic carbocycles. The molecule has 1 fully saturated rings. The molecular weight excluding hydrogens is 364 g/mol. The fourth-order valence-corrected chi connectivity index (χ4v) is 3.50. The summed E-state index contributed by atoms with van der Waals surface area (Å²) in [7, 11) is 0. The van der Waals surface area contributed by atoms with E-state index < -0.39 is 11.6 Å². The maximum absolute atomic E-state index is 14.4. The number of ether oxygens (including phenoxy) is 1. The average Bonchev–Trinajstić information content (AvgIpc) is 3.11. The van der Waals surface area contributed by atoms with Gasteiger partial charge in [-0.1, -0.05) is 6.07 Å². The van der Waals surface area contributed by atoms with Crippen LogP contribution in [0.1, 0.15) is 5.56 Å². The van der Waals surface area contributed by atoms with Crippen LogP contribution in [0.5, 0.6) is 0 Å². The first-order chi connectivity index (χ1) is 13.7. The van der Waals surface area contributed by atoms with Gasteiger partial charge in [0.1, 0.15) is 17.5 Å². The molecule has 0 spiro atoms. The van der Waals surface area contributed by atoms with E-state index in [0.717, 1.165) is 24.5 Å². The summed E-state index contributed by atoms with van der Waals surface area (Å²) >= 11 is 0. The molecule has 2 aliphatic heterocycles. The molecule has 1 aromatic heterocycles. The molecular formula is C20H17F2N5O. The lowest BCUT2D eigenvalue weighted by atomic mass is 10.1. The van der Waals surface area contributed by atoms with Crippen molar-refractivity contribution in [3.8, 4) is 5.69 Å². The highest BCUT2D eigenvalue weighted by atomic mass is 19.1. The monoisotopic (exact) mass is 381 g/mol. The Morgan fingerprint density at radius 1 is 1.00 bits per heavy atom. The number of rotatable bonds is 2. The summed E-state index contributed by atoms with van der Waals surface area (Å²) in [6.07, 6.45) is 1.62. The van der Waals surface area contributed by atoms with Gasteiger partial charge in [-0.25, -0.2) is 18.5 Å². The highest BCUT2D eigenvalue weighted by Crippen LogP contribution is 2.33. The van der Waals surface area contributed by atoms with Crippen LogP contribution in [0.15, 0.2) is 53.7 Å². The second-order valence-electron chi connectivity index (χ2n) is 6.58. The zero-order chi connectivity index (χ0) is 19.1. The Bertz CT molecular complexity index is 1050. The Balaban J connectivity index is 1.62. The number of hydrogen-bond acceptors (Lipinski definition) is 5. The van der Waals surface area contributed by atoms with Gasteiger partial charge in [-0.3, -0.25) is 0 Å². The number of aliphatic imine (C=N–C) groups is 1. The van der Waals surface area contributed by atoms with E-state index >= 15 is 0 Å². The molecule has 0 atom stereocenters. The van der Waals surface area contributed by atoms with Gasteiger partial charge in [-0.15, -0.1) is 0 Å². The van der Waals surface area contributed by atoms with E-state index in [1.807, 2.05) is 18.2 Å². The largest absolute Gasteiger partial charge is 0.378 e. The van der Waals surface area contributed by atoms with Crippen molar-refractivity contribution >= 4 is 23.0 Å². The fourth-order valence-electron chi connectivity index (χ4n) is 3.50. The first kappa shape index (κ1) is 16.9. The van der Waals surface area contributed by atoms with Gasteiger partial charge in [0, 0.05) is 24.8 Å². The van der Waals surface area contributed by atoms with Gasteiger partial charge in [0.15, 0.2) is 5.82 Å². The van der Waals surface area contributed by atoms with Crippen LogP contribution < -0.4 is 10.2 Å². The number of aromatic nitrogens is 2. The molecule has 2 aliphatic rings. The minimum absolute atomic E-state index is 0.107. The van der Waals surface area contributed by atoms with E-state index in [1.165, 1.54) is 18.2 Å². The number of hydrogen-bond donors (Lipinski definition) is 1. The van der Waals surface area contributed by atoms with Crippen molar-refractivity contribution in [1.29, 1.82) is 0 Å². The minimum Gasteiger partial charge on any atom is -0.378 e. The van der Waals surface area contributed by atoms with Crippen LogP contribution in [0, 0.1) is 11.6 Å². The number of anilines is 2. The third-order valence-corrected chi connectivity index (χ3v) is 4.89. The lowest BCUT2D eigenvalue weighted by Gasteiger charge is -2.29. The summed E-state index contributed by atoms with van der Waals surface area (Å²) in [5.41, 5.74) is 2.27. The lowest BCUT2D eigenvalue weighted by molar-refractivity contribution is 0.122. The van der Waals surface area contributed by atoms with Gasteiger partial charge in [0.2, 0.25) is 0 Å². The van der Waals surface area contributed by atoms with E-state index in [1.54, 1.807) is 16.9 Å². The van der Waals surface area contributed by atoms with E-state index in [-0.39, 0.29) is 11.4 Å². The standard InChI is InChI=1S/C20H17F2N5O/c21-14-2-1-3-15(22)19(14)20-24-16-5-4-13(26-8-10-28-11-9-26)12-17(16)27-18(25-20)6-7-23-27/h1-7,12H,8-11H2,(H,24,25). The summed E-state index contributed by atoms with van der Waals surface area (Å²) in [6, 6.07) is 11.3. The van der Waals surface area contributed by atoms with Crippen LogP contribution in [0.3, 0.4) is 0 Å². The molecule has 8 heteroatoms. The van der Waals surface area contributed by atoms with Crippen LogP contribution in [0.4, 0.5) is 26.0 Å². The normalized spacial score (nSPS) is 15.9. The van der Waals surface area contributed by atoms with Gasteiger partial charge in [0.25, 0.3) is 0 Å². The van der Waals surface area contributed by atoms with Gasteiger partial charge >= 0.3 is 0 Å². The van der Waals surface area contributed by atoms with Gasteiger partial charge in [-0.05, 0) is 30.3 Å². The maximum Gasteiger partial charge on any atom is 0.158 e. The zero-order valence-electron chi connectivity index (χ0n) is 14.9. The molecule has 0 radical (unpaired) electrons. The molecule has 0 saturated carbocycles. The van der Waals surface area contributed by atoms with E-state index in [4.69, 9.17) is 4.74 Å². The predicted molar refractivity (Wildman–Crippen MR) is 103 cm³/mol. The van der Waals surface area contributed by atoms with Crippen LogP contribution in [0.2, 0.25) is 0 Å². The smallest absolute Gasteiger partial charge is 0.158 e. The molecule has 3 heterocycles. The topological polar surface area (TPSA) is 54.7 Å². The average molecular weight is 381 g/mol. The molecule has 6 nitrogen and oxygen atoms in total. The van der Waals surface area contributed by atoms with Crippen molar-refractivity contribution in [3.63, 3.8) is 0 Å². The third kappa shape index (κ3) is 2.82. The second kappa shape index (κ2) is 6.72. The van der Waals surface area contributed by atoms with Crippen LogP contribution in [0.25, 0.3) is 5.69 Å². The molecule has 1 saturated heterocycles. The number of halogens is 2. The number of nitrogens with one attached hydrogen (secondary N) is 1. The van der Waals surface area contributed by atoms with Crippen molar-refractivity contribution in [2.75, 3.05) is 36.5 Å². The van der Waals surface area contributed by atoms with Crippen molar-refractivity contribution in [2.24, 2.45) is 4.99 Å². The molecule has 5 rings (SSSR count). The highest BCUT2D eigenvalue weighted by Gasteiger charge is 2.23.